The van der Waals surface area contributed by atoms with Gasteiger partial charge in [-0.25, -0.2) is 0 Å². The number of aliphatic imine (C=N–C) groups is 1. The normalized spacial score (nSPS) is 48.8. The second-order valence-corrected chi connectivity index (χ2v) is 5.68. The Morgan fingerprint density at radius 1 is 1.50 bits per heavy atom. The smallest absolute Gasteiger partial charge is 0.0305 e. The van der Waals surface area contributed by atoms with Crippen LogP contribution in [0.15, 0.2) is 41.1 Å². The number of hydrogen-bond donors (Lipinski definition) is 0. The minimum absolute atomic E-state index is 0.233. The van der Waals surface area contributed by atoms with Gasteiger partial charge in [0.15, 0.2) is 0 Å². The predicted octanol–water partition coefficient (Wildman–Crippen LogP) is 3.75. The molecule has 0 radical (unpaired) electrons. The van der Waals surface area contributed by atoms with Gasteiger partial charge in [0.2, 0.25) is 0 Å². The van der Waals surface area contributed by atoms with Crippen LogP contribution in [-0.4, -0.2) is 6.21 Å². The van der Waals surface area contributed by atoms with Crippen molar-refractivity contribution in [1.82, 2.24) is 0 Å². The second-order valence-electron chi connectivity index (χ2n) is 5.68. The van der Waals surface area contributed by atoms with Crippen LogP contribution >= 0.6 is 0 Å². The highest BCUT2D eigenvalue weighted by atomic mass is 14.8. The summed E-state index contributed by atoms with van der Waals surface area (Å²) >= 11 is 0. The molecule has 0 aromatic rings. The Hall–Kier alpha value is -1.11. The molecule has 3 aliphatic rings. The quantitative estimate of drug-likeness (QED) is 0.588. The zero-order valence-electron chi connectivity index (χ0n) is 10.3. The van der Waals surface area contributed by atoms with E-state index >= 15 is 0 Å². The molecule has 1 heterocycles. The fourth-order valence-electron chi connectivity index (χ4n) is 4.08. The van der Waals surface area contributed by atoms with Crippen LogP contribution in [0.1, 0.15) is 27.2 Å². The van der Waals surface area contributed by atoms with Crippen LogP contribution in [0.5, 0.6) is 0 Å². The van der Waals surface area contributed by atoms with Crippen molar-refractivity contribution in [2.24, 2.45) is 27.7 Å². The Morgan fingerprint density at radius 2 is 2.31 bits per heavy atom. The molecule has 1 aliphatic heterocycles. The summed E-state index contributed by atoms with van der Waals surface area (Å²) in [6.45, 7) is 6.85. The van der Waals surface area contributed by atoms with Crippen LogP contribution in [0.25, 0.3) is 0 Å². The van der Waals surface area contributed by atoms with Gasteiger partial charge in [0.1, 0.15) is 0 Å². The van der Waals surface area contributed by atoms with E-state index in [1.807, 2.05) is 6.20 Å². The van der Waals surface area contributed by atoms with Crippen LogP contribution in [0.3, 0.4) is 0 Å². The molecule has 84 valence electrons. The molecule has 0 aromatic heterocycles. The first-order valence-electron chi connectivity index (χ1n) is 6.21. The van der Waals surface area contributed by atoms with Crippen LogP contribution in [-0.2, 0) is 0 Å². The molecular weight excluding hydrogens is 194 g/mol. The lowest BCUT2D eigenvalue weighted by atomic mass is 9.48. The molecule has 1 nitrogen and oxygen atoms in total. The van der Waals surface area contributed by atoms with Crippen molar-refractivity contribution in [2.75, 3.05) is 0 Å². The van der Waals surface area contributed by atoms with Crippen molar-refractivity contribution in [2.45, 2.75) is 27.2 Å². The summed E-state index contributed by atoms with van der Waals surface area (Å²) in [6, 6.07) is 0. The molecule has 0 saturated heterocycles. The highest BCUT2D eigenvalue weighted by molar-refractivity contribution is 5.85. The summed E-state index contributed by atoms with van der Waals surface area (Å²) in [5.41, 5.74) is 1.98. The van der Waals surface area contributed by atoms with Crippen molar-refractivity contribution in [3.63, 3.8) is 0 Å². The zero-order valence-corrected chi connectivity index (χ0v) is 10.3. The van der Waals surface area contributed by atoms with Crippen molar-refractivity contribution >= 4 is 6.21 Å². The number of nitrogens with zero attached hydrogens (tertiary/aromatic N) is 1. The molecule has 0 aromatic carbocycles. The van der Waals surface area contributed by atoms with Crippen LogP contribution in [0.4, 0.5) is 0 Å². The largest absolute Gasteiger partial charge is 0.265 e. The molecule has 1 heteroatoms. The van der Waals surface area contributed by atoms with Gasteiger partial charge in [-0.15, -0.1) is 0 Å². The van der Waals surface area contributed by atoms with E-state index in [1.165, 1.54) is 12.0 Å². The van der Waals surface area contributed by atoms with Crippen molar-refractivity contribution in [3.05, 3.63) is 36.1 Å². The molecule has 2 aliphatic carbocycles. The van der Waals surface area contributed by atoms with Gasteiger partial charge in [-0.2, -0.15) is 0 Å². The van der Waals surface area contributed by atoms with E-state index in [9.17, 15) is 0 Å². The molecule has 3 rings (SSSR count). The predicted molar refractivity (Wildman–Crippen MR) is 68.3 cm³/mol. The first kappa shape index (κ1) is 10.1. The minimum atomic E-state index is 0.233. The molecule has 1 spiro atoms. The lowest BCUT2D eigenvalue weighted by molar-refractivity contribution is 0.0113. The fraction of sp³-hybridized carbons (Fsp3) is 0.533. The molecular formula is C15H19N. The van der Waals surface area contributed by atoms with Crippen molar-refractivity contribution in [1.29, 1.82) is 0 Å². The van der Waals surface area contributed by atoms with E-state index in [2.05, 4.69) is 56.3 Å². The van der Waals surface area contributed by atoms with E-state index in [1.54, 1.807) is 0 Å². The molecule has 1 saturated carbocycles. The highest BCUT2D eigenvalue weighted by Gasteiger charge is 2.62. The van der Waals surface area contributed by atoms with Crippen molar-refractivity contribution in [3.8, 4) is 0 Å². The second kappa shape index (κ2) is 2.97. The average molecular weight is 213 g/mol. The van der Waals surface area contributed by atoms with Crippen LogP contribution in [0.2, 0.25) is 0 Å². The van der Waals surface area contributed by atoms with E-state index < -0.39 is 0 Å². The summed E-state index contributed by atoms with van der Waals surface area (Å²) in [5.74, 6) is 1.50. The molecule has 4 unspecified atom stereocenters. The van der Waals surface area contributed by atoms with Gasteiger partial charge in [0, 0.05) is 23.2 Å². The minimum Gasteiger partial charge on any atom is -0.265 e. The third kappa shape index (κ3) is 0.946. The Labute approximate surface area is 97.7 Å². The maximum atomic E-state index is 4.30. The number of rotatable bonds is 1. The summed E-state index contributed by atoms with van der Waals surface area (Å²) in [4.78, 5) is 4.30. The lowest BCUT2D eigenvalue weighted by Gasteiger charge is -2.55. The Balaban J connectivity index is 2.11. The van der Waals surface area contributed by atoms with Gasteiger partial charge < -0.3 is 0 Å². The summed E-state index contributed by atoms with van der Waals surface area (Å²) in [6.07, 6.45) is 14.7. The molecule has 0 N–H and O–H groups in total. The topological polar surface area (TPSA) is 12.4 Å². The van der Waals surface area contributed by atoms with Gasteiger partial charge in [-0.05, 0) is 30.8 Å². The van der Waals surface area contributed by atoms with Crippen LogP contribution in [0, 0.1) is 22.7 Å². The molecule has 0 bridgehead atoms. The van der Waals surface area contributed by atoms with E-state index in [-0.39, 0.29) is 5.41 Å². The van der Waals surface area contributed by atoms with Gasteiger partial charge >= 0.3 is 0 Å². The standard InChI is InChI=1S/C15H19N/c1-4-5-14(3)9-12-10-16-7-6-15(12)11(2)8-13(14)15/h4-7,9-11,13H,8H2,1-3H3/b5-4-. The Kier molecular flexibility index (Phi) is 1.87. The summed E-state index contributed by atoms with van der Waals surface area (Å²) in [7, 11) is 0. The average Bonchev–Trinajstić information content (AvgIpc) is 2.45. The molecule has 0 amide bonds. The first-order chi connectivity index (χ1) is 7.63. The van der Waals surface area contributed by atoms with Gasteiger partial charge in [-0.3, -0.25) is 4.99 Å². The van der Waals surface area contributed by atoms with E-state index in [0.717, 1.165) is 11.8 Å². The summed E-state index contributed by atoms with van der Waals surface area (Å²) in [5, 5.41) is 0. The fourth-order valence-corrected chi connectivity index (χ4v) is 4.08. The number of allylic oxidation sites excluding steroid dienone is 5. The van der Waals surface area contributed by atoms with Gasteiger partial charge in [-0.1, -0.05) is 38.2 Å². The molecule has 1 fully saturated rings. The Bertz CT molecular complexity index is 440. The molecule has 16 heavy (non-hydrogen) atoms. The SMILES string of the molecule is C/C=C\C1(C)C=C2C=NC=CC23C(C)CC13. The third-order valence-electron chi connectivity index (χ3n) is 4.87. The highest BCUT2D eigenvalue weighted by Crippen LogP contribution is 2.68. The van der Waals surface area contributed by atoms with Crippen LogP contribution < -0.4 is 0 Å². The number of hydrogen-bond acceptors (Lipinski definition) is 1. The third-order valence-corrected chi connectivity index (χ3v) is 4.87. The zero-order chi connectivity index (χ0) is 11.4. The van der Waals surface area contributed by atoms with E-state index in [0.29, 0.717) is 5.41 Å². The van der Waals surface area contributed by atoms with E-state index in [4.69, 9.17) is 0 Å². The maximum absolute atomic E-state index is 4.30. The van der Waals surface area contributed by atoms with Crippen molar-refractivity contribution < 1.29 is 0 Å². The Morgan fingerprint density at radius 3 is 2.94 bits per heavy atom. The maximum Gasteiger partial charge on any atom is 0.0305 e. The monoisotopic (exact) mass is 213 g/mol. The molecule has 4 atom stereocenters. The van der Waals surface area contributed by atoms with Gasteiger partial charge in [0.05, 0.1) is 0 Å². The summed E-state index contributed by atoms with van der Waals surface area (Å²) < 4.78 is 0. The first-order valence-corrected chi connectivity index (χ1v) is 6.21. The van der Waals surface area contributed by atoms with Gasteiger partial charge in [0.25, 0.3) is 0 Å². The lowest BCUT2D eigenvalue weighted by Crippen LogP contribution is -2.50.